The minimum absolute atomic E-state index is 0.184. The van der Waals surface area contributed by atoms with Crippen LogP contribution in [0.2, 0.25) is 0 Å². The molecule has 0 saturated carbocycles. The molecule has 1 fully saturated rings. The molecule has 6 aromatic rings. The molecular formula is C38H37N5O5. The fourth-order valence-electron chi connectivity index (χ4n) is 6.78. The molecule has 2 aromatic heterocycles. The number of nitriles is 1. The predicted molar refractivity (Wildman–Crippen MR) is 183 cm³/mol. The van der Waals surface area contributed by atoms with E-state index in [1.54, 1.807) is 26.4 Å². The topological polar surface area (TPSA) is 119 Å². The van der Waals surface area contributed by atoms with Crippen LogP contribution in [-0.2, 0) is 17.9 Å². The van der Waals surface area contributed by atoms with Gasteiger partial charge < -0.3 is 23.7 Å². The van der Waals surface area contributed by atoms with E-state index in [-0.39, 0.29) is 6.61 Å². The quantitative estimate of drug-likeness (QED) is 0.181. The standard InChI is InChI=1S/C38H37N5O5/c1-23-28(7-5-8-29(23)38-41-33-16-24(22-44)15-25(19-39)37(33)48-38)30-9-6-10-34-31(30)20-40-43(34)27-17-35(45-3)32(36(18-27)46-4)21-42(2)26-11-13-47-14-12-26/h5-10,15-18,20,26,44H,11-14,21-22H2,1-4H3. The summed E-state index contributed by atoms with van der Waals surface area (Å²) in [5.74, 6) is 1.91. The Kier molecular flexibility index (Phi) is 8.58. The van der Waals surface area contributed by atoms with Crippen LogP contribution in [0.1, 0.15) is 35.1 Å². The van der Waals surface area contributed by atoms with E-state index in [0.29, 0.717) is 40.7 Å². The Labute approximate surface area is 278 Å². The summed E-state index contributed by atoms with van der Waals surface area (Å²) in [6.07, 6.45) is 3.90. The van der Waals surface area contributed by atoms with Crippen LogP contribution >= 0.6 is 0 Å². The highest BCUT2D eigenvalue weighted by molar-refractivity contribution is 5.97. The minimum Gasteiger partial charge on any atom is -0.496 e. The maximum atomic E-state index is 9.68. The van der Waals surface area contributed by atoms with Gasteiger partial charge in [-0.2, -0.15) is 10.4 Å². The Morgan fingerprint density at radius 3 is 2.42 bits per heavy atom. The monoisotopic (exact) mass is 643 g/mol. The molecule has 0 aliphatic carbocycles. The summed E-state index contributed by atoms with van der Waals surface area (Å²) < 4.78 is 25.5. The number of hydrogen-bond donors (Lipinski definition) is 1. The molecule has 7 rings (SSSR count). The van der Waals surface area contributed by atoms with Crippen molar-refractivity contribution in [2.45, 2.75) is 39.0 Å². The van der Waals surface area contributed by atoms with Gasteiger partial charge in [-0.1, -0.05) is 24.3 Å². The maximum absolute atomic E-state index is 9.68. The minimum atomic E-state index is -0.184. The number of fused-ring (bicyclic) bond motifs is 2. The van der Waals surface area contributed by atoms with Crippen molar-refractivity contribution in [2.75, 3.05) is 34.5 Å². The molecule has 1 aliphatic rings. The number of oxazole rings is 1. The largest absolute Gasteiger partial charge is 0.496 e. The summed E-state index contributed by atoms with van der Waals surface area (Å²) in [5.41, 5.74) is 8.49. The number of ether oxygens (including phenoxy) is 3. The van der Waals surface area contributed by atoms with Gasteiger partial charge in [0.15, 0.2) is 5.58 Å². The summed E-state index contributed by atoms with van der Waals surface area (Å²) in [7, 11) is 5.52. The van der Waals surface area contributed by atoms with Crippen LogP contribution in [0.25, 0.3) is 50.3 Å². The number of hydrogen-bond acceptors (Lipinski definition) is 9. The fourth-order valence-corrected chi connectivity index (χ4v) is 6.78. The average molecular weight is 644 g/mol. The number of rotatable bonds is 9. The molecular weight excluding hydrogens is 606 g/mol. The first-order chi connectivity index (χ1) is 23.4. The molecule has 1 N–H and O–H groups in total. The normalized spacial score (nSPS) is 13.8. The Morgan fingerprint density at radius 2 is 1.71 bits per heavy atom. The molecule has 10 heteroatoms. The Morgan fingerprint density at radius 1 is 1.00 bits per heavy atom. The van der Waals surface area contributed by atoms with Crippen LogP contribution in [0.3, 0.4) is 0 Å². The Hall–Kier alpha value is -5.21. The predicted octanol–water partition coefficient (Wildman–Crippen LogP) is 6.80. The van der Waals surface area contributed by atoms with Gasteiger partial charge in [0.25, 0.3) is 0 Å². The highest BCUT2D eigenvalue weighted by Crippen LogP contribution is 2.39. The molecule has 1 aliphatic heterocycles. The highest BCUT2D eigenvalue weighted by atomic mass is 16.5. The van der Waals surface area contributed by atoms with Crippen molar-refractivity contribution in [3.63, 3.8) is 0 Å². The molecule has 10 nitrogen and oxygen atoms in total. The second kappa shape index (κ2) is 13.1. The molecule has 0 unspecified atom stereocenters. The summed E-state index contributed by atoms with van der Waals surface area (Å²) in [4.78, 5) is 7.06. The van der Waals surface area contributed by atoms with Crippen LogP contribution in [-0.4, -0.2) is 65.3 Å². The third-order valence-corrected chi connectivity index (χ3v) is 9.38. The number of aliphatic hydroxyl groups is 1. The Balaban J connectivity index is 1.27. The first-order valence-corrected chi connectivity index (χ1v) is 16.0. The SMILES string of the molecule is COc1cc(-n2ncc3c(-c4cccc(-c5nc6cc(CO)cc(C#N)c6o5)c4C)cccc32)cc(OC)c1CN(C)C1CCOCC1. The van der Waals surface area contributed by atoms with E-state index in [9.17, 15) is 10.4 Å². The second-order valence-corrected chi connectivity index (χ2v) is 12.1. The van der Waals surface area contributed by atoms with Gasteiger partial charge in [-0.05, 0) is 73.3 Å². The van der Waals surface area contributed by atoms with Gasteiger partial charge in [0.05, 0.1) is 49.4 Å². The average Bonchev–Trinajstić information content (AvgIpc) is 3.76. The smallest absolute Gasteiger partial charge is 0.227 e. The lowest BCUT2D eigenvalue weighted by Gasteiger charge is -2.32. The molecule has 1 saturated heterocycles. The van der Waals surface area contributed by atoms with E-state index in [4.69, 9.17) is 28.7 Å². The second-order valence-electron chi connectivity index (χ2n) is 12.1. The van der Waals surface area contributed by atoms with E-state index >= 15 is 0 Å². The summed E-state index contributed by atoms with van der Waals surface area (Å²) in [6.45, 7) is 4.12. The molecule has 0 atom stereocenters. The van der Waals surface area contributed by atoms with Crippen LogP contribution < -0.4 is 9.47 Å². The third kappa shape index (κ3) is 5.56. The van der Waals surface area contributed by atoms with Crippen LogP contribution in [0.5, 0.6) is 11.5 Å². The number of aliphatic hydroxyl groups excluding tert-OH is 1. The third-order valence-electron chi connectivity index (χ3n) is 9.38. The van der Waals surface area contributed by atoms with Gasteiger partial charge in [0.1, 0.15) is 23.1 Å². The highest BCUT2D eigenvalue weighted by Gasteiger charge is 2.23. The lowest BCUT2D eigenvalue weighted by Crippen LogP contribution is -2.36. The van der Waals surface area contributed by atoms with Crippen molar-refractivity contribution in [2.24, 2.45) is 0 Å². The van der Waals surface area contributed by atoms with Crippen LogP contribution in [0.15, 0.2) is 71.3 Å². The zero-order valence-corrected chi connectivity index (χ0v) is 27.5. The zero-order chi connectivity index (χ0) is 33.4. The number of methoxy groups -OCH3 is 2. The lowest BCUT2D eigenvalue weighted by atomic mass is 9.94. The number of aromatic nitrogens is 3. The van der Waals surface area contributed by atoms with Gasteiger partial charge in [0.2, 0.25) is 5.89 Å². The lowest BCUT2D eigenvalue weighted by molar-refractivity contribution is 0.0403. The van der Waals surface area contributed by atoms with Crippen molar-refractivity contribution in [1.29, 1.82) is 5.26 Å². The first kappa shape index (κ1) is 31.4. The van der Waals surface area contributed by atoms with E-state index in [1.807, 2.05) is 48.1 Å². The molecule has 244 valence electrons. The summed E-state index contributed by atoms with van der Waals surface area (Å²) in [6, 6.07) is 22.2. The van der Waals surface area contributed by atoms with Crippen molar-refractivity contribution in [3.8, 4) is 45.8 Å². The van der Waals surface area contributed by atoms with Crippen molar-refractivity contribution in [3.05, 3.63) is 89.1 Å². The van der Waals surface area contributed by atoms with Crippen molar-refractivity contribution >= 4 is 22.0 Å². The Bertz CT molecular complexity index is 2150. The van der Waals surface area contributed by atoms with E-state index in [0.717, 1.165) is 82.0 Å². The van der Waals surface area contributed by atoms with E-state index in [2.05, 4.69) is 36.2 Å². The first-order valence-electron chi connectivity index (χ1n) is 16.0. The molecule has 0 radical (unpaired) electrons. The summed E-state index contributed by atoms with van der Waals surface area (Å²) in [5, 5.41) is 25.2. The van der Waals surface area contributed by atoms with Crippen LogP contribution in [0, 0.1) is 18.3 Å². The van der Waals surface area contributed by atoms with E-state index in [1.165, 1.54) is 0 Å². The van der Waals surface area contributed by atoms with Gasteiger partial charge in [0, 0.05) is 48.9 Å². The molecule has 0 bridgehead atoms. The van der Waals surface area contributed by atoms with Gasteiger partial charge in [-0.15, -0.1) is 0 Å². The van der Waals surface area contributed by atoms with Crippen molar-refractivity contribution < 1.29 is 23.7 Å². The van der Waals surface area contributed by atoms with Crippen LogP contribution in [0.4, 0.5) is 0 Å². The molecule has 4 aromatic carbocycles. The maximum Gasteiger partial charge on any atom is 0.227 e. The molecule has 48 heavy (non-hydrogen) atoms. The van der Waals surface area contributed by atoms with Crippen molar-refractivity contribution in [1.82, 2.24) is 19.7 Å². The number of nitrogens with zero attached hydrogens (tertiary/aromatic N) is 5. The number of benzene rings is 4. The molecule has 3 heterocycles. The van der Waals surface area contributed by atoms with Gasteiger partial charge in [-0.25, -0.2) is 9.67 Å². The molecule has 0 amide bonds. The van der Waals surface area contributed by atoms with E-state index < -0.39 is 0 Å². The molecule has 0 spiro atoms. The fraction of sp³-hybridized carbons (Fsp3) is 0.289. The summed E-state index contributed by atoms with van der Waals surface area (Å²) >= 11 is 0. The van der Waals surface area contributed by atoms with Gasteiger partial charge in [-0.3, -0.25) is 4.90 Å². The zero-order valence-electron chi connectivity index (χ0n) is 27.5. The van der Waals surface area contributed by atoms with Gasteiger partial charge >= 0.3 is 0 Å².